The van der Waals surface area contributed by atoms with Crippen LogP contribution in [-0.2, 0) is 9.53 Å². The molecule has 0 heterocycles. The molecule has 1 amide bonds. The van der Waals surface area contributed by atoms with Gasteiger partial charge in [0.1, 0.15) is 0 Å². The highest BCUT2D eigenvalue weighted by Crippen LogP contribution is 2.34. The van der Waals surface area contributed by atoms with Crippen LogP contribution in [0.3, 0.4) is 0 Å². The fraction of sp³-hybridized carbons (Fsp3) is 0.533. The van der Waals surface area contributed by atoms with Gasteiger partial charge in [-0.25, -0.2) is 0 Å². The second-order valence-corrected chi connectivity index (χ2v) is 5.15. The standard InChI is InChI=1S/C15H21NO3/c1-19-15(8-5-9-15)11-16-14(18)10-13(17)12-6-3-2-4-7-12/h2-4,6-7,13,17H,5,8-11H2,1H3,(H,16,18). The van der Waals surface area contributed by atoms with Gasteiger partial charge in [-0.15, -0.1) is 0 Å². The molecule has 1 aliphatic carbocycles. The summed E-state index contributed by atoms with van der Waals surface area (Å²) in [4.78, 5) is 11.8. The molecule has 0 aliphatic heterocycles. The summed E-state index contributed by atoms with van der Waals surface area (Å²) in [6.07, 6.45) is 2.47. The molecule has 1 saturated carbocycles. The first-order valence-corrected chi connectivity index (χ1v) is 6.70. The number of hydrogen-bond acceptors (Lipinski definition) is 3. The van der Waals surface area contributed by atoms with Crippen LogP contribution in [-0.4, -0.2) is 30.3 Å². The normalized spacial score (nSPS) is 18.4. The van der Waals surface area contributed by atoms with Gasteiger partial charge in [-0.2, -0.15) is 0 Å². The van der Waals surface area contributed by atoms with Crippen molar-refractivity contribution < 1.29 is 14.6 Å². The molecule has 0 radical (unpaired) electrons. The lowest BCUT2D eigenvalue weighted by Crippen LogP contribution is -2.49. The summed E-state index contributed by atoms with van der Waals surface area (Å²) >= 11 is 0. The molecule has 2 rings (SSSR count). The van der Waals surface area contributed by atoms with Crippen LogP contribution in [0.25, 0.3) is 0 Å². The number of hydrogen-bond donors (Lipinski definition) is 2. The van der Waals surface area contributed by atoms with Gasteiger partial charge >= 0.3 is 0 Å². The number of rotatable bonds is 6. The lowest BCUT2D eigenvalue weighted by Gasteiger charge is -2.40. The van der Waals surface area contributed by atoms with E-state index in [0.29, 0.717) is 6.54 Å². The first kappa shape index (κ1) is 14.0. The largest absolute Gasteiger partial charge is 0.388 e. The molecular formula is C15H21NO3. The number of carbonyl (C=O) groups is 1. The zero-order chi connectivity index (χ0) is 13.7. The third-order valence-corrected chi connectivity index (χ3v) is 3.87. The number of amides is 1. The Morgan fingerprint density at radius 1 is 1.42 bits per heavy atom. The Kier molecular flexibility index (Phi) is 4.56. The molecule has 1 fully saturated rings. The van der Waals surface area contributed by atoms with Crippen molar-refractivity contribution in [3.05, 3.63) is 35.9 Å². The van der Waals surface area contributed by atoms with Crippen LogP contribution >= 0.6 is 0 Å². The van der Waals surface area contributed by atoms with Crippen LogP contribution in [0.5, 0.6) is 0 Å². The van der Waals surface area contributed by atoms with Gasteiger partial charge in [0.25, 0.3) is 0 Å². The van der Waals surface area contributed by atoms with E-state index in [-0.39, 0.29) is 17.9 Å². The van der Waals surface area contributed by atoms with E-state index in [9.17, 15) is 9.90 Å². The third-order valence-electron chi connectivity index (χ3n) is 3.87. The van der Waals surface area contributed by atoms with Gasteiger partial charge < -0.3 is 15.2 Å². The molecule has 19 heavy (non-hydrogen) atoms. The van der Waals surface area contributed by atoms with Gasteiger partial charge in [0.05, 0.1) is 18.1 Å². The number of benzene rings is 1. The Morgan fingerprint density at radius 2 is 2.11 bits per heavy atom. The maximum Gasteiger partial charge on any atom is 0.223 e. The van der Waals surface area contributed by atoms with Gasteiger partial charge in [-0.05, 0) is 24.8 Å². The van der Waals surface area contributed by atoms with Gasteiger partial charge in [0.2, 0.25) is 5.91 Å². The Labute approximate surface area is 113 Å². The molecule has 0 saturated heterocycles. The summed E-state index contributed by atoms with van der Waals surface area (Å²) in [5.74, 6) is -0.139. The molecule has 4 nitrogen and oxygen atoms in total. The minimum absolute atomic E-state index is 0.0871. The number of carbonyl (C=O) groups excluding carboxylic acids is 1. The van der Waals surface area contributed by atoms with Crippen LogP contribution in [0.2, 0.25) is 0 Å². The average molecular weight is 263 g/mol. The topological polar surface area (TPSA) is 58.6 Å². The van der Waals surface area contributed by atoms with Crippen molar-refractivity contribution in [2.45, 2.75) is 37.4 Å². The first-order chi connectivity index (χ1) is 9.15. The summed E-state index contributed by atoms with van der Waals surface area (Å²) in [6, 6.07) is 9.23. The summed E-state index contributed by atoms with van der Waals surface area (Å²) in [5, 5.41) is 12.8. The number of ether oxygens (including phenoxy) is 1. The van der Waals surface area contributed by atoms with Gasteiger partial charge in [0.15, 0.2) is 0 Å². The van der Waals surface area contributed by atoms with Crippen molar-refractivity contribution in [2.75, 3.05) is 13.7 Å². The van der Waals surface area contributed by atoms with Crippen LogP contribution in [0.1, 0.15) is 37.4 Å². The monoisotopic (exact) mass is 263 g/mol. The second-order valence-electron chi connectivity index (χ2n) is 5.15. The maximum atomic E-state index is 11.8. The number of aliphatic hydroxyl groups excluding tert-OH is 1. The summed E-state index contributed by atoms with van der Waals surface area (Å²) < 4.78 is 5.44. The zero-order valence-corrected chi connectivity index (χ0v) is 11.3. The van der Waals surface area contributed by atoms with Crippen LogP contribution in [0.4, 0.5) is 0 Å². The molecule has 1 aliphatic rings. The van der Waals surface area contributed by atoms with E-state index < -0.39 is 6.10 Å². The van der Waals surface area contributed by atoms with E-state index in [1.54, 1.807) is 7.11 Å². The molecule has 104 valence electrons. The highest BCUT2D eigenvalue weighted by Gasteiger charge is 2.37. The molecular weight excluding hydrogens is 242 g/mol. The van der Waals surface area contributed by atoms with Crippen molar-refractivity contribution in [1.29, 1.82) is 0 Å². The average Bonchev–Trinajstić information content (AvgIpc) is 2.39. The SMILES string of the molecule is COC1(CNC(=O)CC(O)c2ccccc2)CCC1. The lowest BCUT2D eigenvalue weighted by molar-refractivity contribution is -0.126. The van der Waals surface area contributed by atoms with E-state index in [0.717, 1.165) is 24.8 Å². The lowest BCUT2D eigenvalue weighted by atomic mass is 9.80. The van der Waals surface area contributed by atoms with Crippen molar-refractivity contribution in [1.82, 2.24) is 5.32 Å². The number of methoxy groups -OCH3 is 1. The quantitative estimate of drug-likeness (QED) is 0.822. The van der Waals surface area contributed by atoms with Crippen molar-refractivity contribution in [2.24, 2.45) is 0 Å². The van der Waals surface area contributed by atoms with Crippen LogP contribution in [0.15, 0.2) is 30.3 Å². The second kappa shape index (κ2) is 6.17. The fourth-order valence-corrected chi connectivity index (χ4v) is 2.32. The molecule has 0 bridgehead atoms. The molecule has 1 atom stereocenters. The van der Waals surface area contributed by atoms with Gasteiger partial charge in [-0.3, -0.25) is 4.79 Å². The van der Waals surface area contributed by atoms with Gasteiger partial charge in [0, 0.05) is 13.7 Å². The van der Waals surface area contributed by atoms with E-state index in [1.165, 1.54) is 0 Å². The molecule has 1 aromatic rings. The Morgan fingerprint density at radius 3 is 2.63 bits per heavy atom. The Hall–Kier alpha value is -1.39. The van der Waals surface area contributed by atoms with Crippen LogP contribution < -0.4 is 5.32 Å². The third kappa shape index (κ3) is 3.55. The number of aliphatic hydroxyl groups is 1. The van der Waals surface area contributed by atoms with Crippen molar-refractivity contribution in [3.8, 4) is 0 Å². The van der Waals surface area contributed by atoms with E-state index in [4.69, 9.17) is 4.74 Å². The minimum atomic E-state index is -0.749. The van der Waals surface area contributed by atoms with Crippen LogP contribution in [0, 0.1) is 0 Å². The molecule has 4 heteroatoms. The molecule has 1 unspecified atom stereocenters. The van der Waals surface area contributed by atoms with Crippen molar-refractivity contribution in [3.63, 3.8) is 0 Å². The first-order valence-electron chi connectivity index (χ1n) is 6.70. The highest BCUT2D eigenvalue weighted by molar-refractivity contribution is 5.76. The van der Waals surface area contributed by atoms with Crippen molar-refractivity contribution >= 4 is 5.91 Å². The molecule has 0 aromatic heterocycles. The highest BCUT2D eigenvalue weighted by atomic mass is 16.5. The smallest absolute Gasteiger partial charge is 0.223 e. The van der Waals surface area contributed by atoms with E-state index in [2.05, 4.69) is 5.32 Å². The van der Waals surface area contributed by atoms with Gasteiger partial charge in [-0.1, -0.05) is 30.3 Å². The Balaban J connectivity index is 1.78. The zero-order valence-electron chi connectivity index (χ0n) is 11.3. The predicted molar refractivity (Wildman–Crippen MR) is 72.6 cm³/mol. The molecule has 0 spiro atoms. The summed E-state index contributed by atoms with van der Waals surface area (Å²) in [5.41, 5.74) is 0.593. The summed E-state index contributed by atoms with van der Waals surface area (Å²) in [6.45, 7) is 0.532. The Bertz CT molecular complexity index is 409. The fourth-order valence-electron chi connectivity index (χ4n) is 2.32. The van der Waals surface area contributed by atoms with E-state index in [1.807, 2.05) is 30.3 Å². The summed E-state index contributed by atoms with van der Waals surface area (Å²) in [7, 11) is 1.68. The maximum absolute atomic E-state index is 11.8. The van der Waals surface area contributed by atoms with E-state index >= 15 is 0 Å². The number of nitrogens with one attached hydrogen (secondary N) is 1. The minimum Gasteiger partial charge on any atom is -0.388 e. The molecule has 2 N–H and O–H groups in total. The molecule has 1 aromatic carbocycles. The predicted octanol–water partition coefficient (Wildman–Crippen LogP) is 1.80.